The number of nitrogens with one attached hydrogen (secondary N) is 1. The molecule has 0 spiro atoms. The van der Waals surface area contributed by atoms with Crippen LogP contribution in [0.1, 0.15) is 24.0 Å². The number of aryl methyl sites for hydroxylation is 2. The van der Waals surface area contributed by atoms with Gasteiger partial charge in [-0.1, -0.05) is 23.8 Å². The molecule has 1 amide bonds. The molecule has 5 rings (SSSR count). The van der Waals surface area contributed by atoms with Crippen molar-refractivity contribution in [3.05, 3.63) is 77.9 Å². The molecule has 0 radical (unpaired) electrons. The van der Waals surface area contributed by atoms with Gasteiger partial charge in [-0.05, 0) is 80.8 Å². The lowest BCUT2D eigenvalue weighted by Crippen LogP contribution is -2.51. The number of carbonyl (C=O) groups excluding carboxylic acids is 1. The van der Waals surface area contributed by atoms with Crippen molar-refractivity contribution in [1.29, 1.82) is 0 Å². The SMILES string of the molecule is Cc1ccc(S(=O)(=O)N2C[C@@H](C(=O)NCCOc3ccc(S(=O)(=O)N4CCCC4)cc3)Oc3cc(C)ccc32)cc1. The number of fused-ring (bicyclic) bond motifs is 1. The Morgan fingerprint density at radius 1 is 0.878 bits per heavy atom. The Hall–Kier alpha value is -3.61. The van der Waals surface area contributed by atoms with E-state index in [2.05, 4.69) is 5.32 Å². The third-order valence-electron chi connectivity index (χ3n) is 7.08. The molecule has 41 heavy (non-hydrogen) atoms. The first-order valence-electron chi connectivity index (χ1n) is 13.4. The Labute approximate surface area is 241 Å². The van der Waals surface area contributed by atoms with Gasteiger partial charge in [-0.2, -0.15) is 4.31 Å². The van der Waals surface area contributed by atoms with Crippen LogP contribution in [0.4, 0.5) is 5.69 Å². The van der Waals surface area contributed by atoms with Gasteiger partial charge in [0.2, 0.25) is 10.0 Å². The van der Waals surface area contributed by atoms with Crippen molar-refractivity contribution in [1.82, 2.24) is 9.62 Å². The van der Waals surface area contributed by atoms with Crippen LogP contribution in [0.15, 0.2) is 76.5 Å². The van der Waals surface area contributed by atoms with Crippen molar-refractivity contribution in [3.63, 3.8) is 0 Å². The van der Waals surface area contributed by atoms with Crippen molar-refractivity contribution >= 4 is 31.6 Å². The first-order valence-corrected chi connectivity index (χ1v) is 16.3. The van der Waals surface area contributed by atoms with E-state index in [1.165, 1.54) is 20.7 Å². The maximum Gasteiger partial charge on any atom is 0.264 e. The van der Waals surface area contributed by atoms with E-state index in [0.717, 1.165) is 24.0 Å². The predicted octanol–water partition coefficient (Wildman–Crippen LogP) is 3.24. The molecule has 1 fully saturated rings. The average molecular weight is 600 g/mol. The minimum absolute atomic E-state index is 0.123. The molecule has 3 aromatic rings. The van der Waals surface area contributed by atoms with E-state index in [1.54, 1.807) is 54.6 Å². The van der Waals surface area contributed by atoms with Gasteiger partial charge >= 0.3 is 0 Å². The first kappa shape index (κ1) is 28.9. The first-order chi connectivity index (χ1) is 19.6. The van der Waals surface area contributed by atoms with Crippen LogP contribution in [0, 0.1) is 13.8 Å². The molecular weight excluding hydrogens is 566 g/mol. The maximum atomic E-state index is 13.6. The smallest absolute Gasteiger partial charge is 0.264 e. The van der Waals surface area contributed by atoms with Gasteiger partial charge in [0.25, 0.3) is 15.9 Å². The quantitative estimate of drug-likeness (QED) is 0.375. The second-order valence-corrected chi connectivity index (χ2v) is 13.9. The van der Waals surface area contributed by atoms with Crippen LogP contribution in [0.3, 0.4) is 0 Å². The number of hydrogen-bond donors (Lipinski definition) is 1. The van der Waals surface area contributed by atoms with E-state index in [-0.39, 0.29) is 29.5 Å². The second-order valence-electron chi connectivity index (χ2n) is 10.1. The number of nitrogens with zero attached hydrogens (tertiary/aromatic N) is 2. The highest BCUT2D eigenvalue weighted by Crippen LogP contribution is 2.37. The van der Waals surface area contributed by atoms with Crippen LogP contribution >= 0.6 is 0 Å². The summed E-state index contributed by atoms with van der Waals surface area (Å²) in [4.78, 5) is 13.4. The molecular formula is C29H33N3O7S2. The van der Waals surface area contributed by atoms with Crippen LogP contribution in [-0.2, 0) is 24.8 Å². The number of hydrogen-bond acceptors (Lipinski definition) is 7. The monoisotopic (exact) mass is 599 g/mol. The highest BCUT2D eigenvalue weighted by Gasteiger charge is 2.37. The molecule has 0 aromatic heterocycles. The average Bonchev–Trinajstić information content (AvgIpc) is 3.51. The highest BCUT2D eigenvalue weighted by molar-refractivity contribution is 7.92. The van der Waals surface area contributed by atoms with Gasteiger partial charge in [0, 0.05) is 13.1 Å². The maximum absolute atomic E-state index is 13.6. The Morgan fingerprint density at radius 2 is 1.49 bits per heavy atom. The molecule has 1 N–H and O–H groups in total. The largest absolute Gasteiger partial charge is 0.492 e. The molecule has 218 valence electrons. The molecule has 2 aliphatic heterocycles. The van der Waals surface area contributed by atoms with Crippen molar-refractivity contribution in [2.45, 2.75) is 42.6 Å². The Kier molecular flexibility index (Phi) is 8.25. The lowest BCUT2D eigenvalue weighted by atomic mass is 10.1. The molecule has 0 aliphatic carbocycles. The molecule has 0 saturated carbocycles. The van der Waals surface area contributed by atoms with Crippen molar-refractivity contribution in [2.24, 2.45) is 0 Å². The van der Waals surface area contributed by atoms with Crippen LogP contribution < -0.4 is 19.1 Å². The van der Waals surface area contributed by atoms with E-state index in [1.807, 2.05) is 13.8 Å². The molecule has 2 heterocycles. The predicted molar refractivity (Wildman–Crippen MR) is 154 cm³/mol. The molecule has 1 saturated heterocycles. The Morgan fingerprint density at radius 3 is 2.17 bits per heavy atom. The number of ether oxygens (including phenoxy) is 2. The van der Waals surface area contributed by atoms with Gasteiger partial charge in [-0.3, -0.25) is 9.10 Å². The highest BCUT2D eigenvalue weighted by atomic mass is 32.2. The summed E-state index contributed by atoms with van der Waals surface area (Å²) < 4.78 is 66.8. The number of benzene rings is 3. The van der Waals surface area contributed by atoms with Crippen LogP contribution in [0.25, 0.3) is 0 Å². The van der Waals surface area contributed by atoms with Crippen molar-refractivity contribution in [2.75, 3.05) is 37.1 Å². The zero-order chi connectivity index (χ0) is 29.2. The molecule has 2 aliphatic rings. The number of sulfonamides is 2. The third kappa shape index (κ3) is 6.19. The third-order valence-corrected chi connectivity index (χ3v) is 10.8. The van der Waals surface area contributed by atoms with Gasteiger partial charge < -0.3 is 14.8 Å². The number of amides is 1. The standard InChI is InChI=1S/C29H33N3O7S2/c1-21-5-10-25(11-6-21)41(36,37)32-20-28(39-27-19-22(2)7-14-26(27)32)29(33)30-15-18-38-23-8-12-24(13-9-23)40(34,35)31-16-3-4-17-31/h5-14,19,28H,3-4,15-18,20H2,1-2H3,(H,30,33)/t28-/m0/s1. The van der Waals surface area contributed by atoms with E-state index in [4.69, 9.17) is 9.47 Å². The second kappa shape index (κ2) is 11.7. The normalized spacial score (nSPS) is 17.5. The van der Waals surface area contributed by atoms with Crippen LogP contribution in [0.2, 0.25) is 0 Å². The minimum Gasteiger partial charge on any atom is -0.492 e. The number of rotatable bonds is 9. The Bertz CT molecular complexity index is 1620. The van der Waals surface area contributed by atoms with E-state index >= 15 is 0 Å². The van der Waals surface area contributed by atoms with Crippen molar-refractivity contribution < 1.29 is 31.1 Å². The molecule has 0 bridgehead atoms. The van der Waals surface area contributed by atoms with Gasteiger partial charge in [-0.25, -0.2) is 16.8 Å². The van der Waals surface area contributed by atoms with Gasteiger partial charge in [0.1, 0.15) is 18.1 Å². The molecule has 1 atom stereocenters. The summed E-state index contributed by atoms with van der Waals surface area (Å²) in [7, 11) is -7.45. The summed E-state index contributed by atoms with van der Waals surface area (Å²) in [6, 6.07) is 17.9. The van der Waals surface area contributed by atoms with Crippen molar-refractivity contribution in [3.8, 4) is 11.5 Å². The summed E-state index contributed by atoms with van der Waals surface area (Å²) in [5, 5.41) is 2.75. The lowest BCUT2D eigenvalue weighted by molar-refractivity contribution is -0.127. The fourth-order valence-electron chi connectivity index (χ4n) is 4.81. The van der Waals surface area contributed by atoms with Gasteiger partial charge in [0.05, 0.1) is 28.6 Å². The minimum atomic E-state index is -3.95. The fraction of sp³-hybridized carbons (Fsp3) is 0.345. The Balaban J connectivity index is 1.21. The number of carbonyl (C=O) groups is 1. The lowest BCUT2D eigenvalue weighted by Gasteiger charge is -2.35. The van der Waals surface area contributed by atoms with Crippen LogP contribution in [-0.4, -0.2) is 65.9 Å². The number of anilines is 1. The van der Waals surface area contributed by atoms with E-state index < -0.39 is 32.1 Å². The molecule has 0 unspecified atom stereocenters. The molecule has 10 nitrogen and oxygen atoms in total. The van der Waals surface area contributed by atoms with E-state index in [0.29, 0.717) is 30.3 Å². The zero-order valence-corrected chi connectivity index (χ0v) is 24.6. The fourth-order valence-corrected chi connectivity index (χ4v) is 7.80. The zero-order valence-electron chi connectivity index (χ0n) is 22.9. The van der Waals surface area contributed by atoms with E-state index in [9.17, 15) is 21.6 Å². The van der Waals surface area contributed by atoms with Gasteiger partial charge in [0.15, 0.2) is 6.10 Å². The van der Waals surface area contributed by atoms with Crippen LogP contribution in [0.5, 0.6) is 11.5 Å². The molecule has 3 aromatic carbocycles. The summed E-state index contributed by atoms with van der Waals surface area (Å²) in [5.41, 5.74) is 2.17. The summed E-state index contributed by atoms with van der Waals surface area (Å²) in [5.74, 6) is 0.303. The summed E-state index contributed by atoms with van der Waals surface area (Å²) in [6.45, 7) is 4.87. The van der Waals surface area contributed by atoms with Gasteiger partial charge in [-0.15, -0.1) is 0 Å². The summed E-state index contributed by atoms with van der Waals surface area (Å²) >= 11 is 0. The molecule has 12 heteroatoms. The summed E-state index contributed by atoms with van der Waals surface area (Å²) in [6.07, 6.45) is 0.662. The topological polar surface area (TPSA) is 122 Å².